The normalized spacial score (nSPS) is 13.7. The number of carbonyl (C=O) groups excluding carboxylic acids is 1. The second-order valence-electron chi connectivity index (χ2n) is 4.06. The van der Waals surface area contributed by atoms with Gasteiger partial charge in [-0.05, 0) is 6.42 Å². The summed E-state index contributed by atoms with van der Waals surface area (Å²) in [5, 5.41) is 11.2. The van der Waals surface area contributed by atoms with Crippen molar-refractivity contribution >= 4 is 22.7 Å². The quantitative estimate of drug-likeness (QED) is 0.678. The smallest absolute Gasteiger partial charge is 0.327 e. The summed E-state index contributed by atoms with van der Waals surface area (Å²) in [5.41, 5.74) is 0. The van der Waals surface area contributed by atoms with Crippen LogP contribution in [-0.4, -0.2) is 48.3 Å². The molecule has 0 spiro atoms. The van der Waals surface area contributed by atoms with Gasteiger partial charge in [0.1, 0.15) is 6.04 Å². The largest absolute Gasteiger partial charge is 0.480 e. The van der Waals surface area contributed by atoms with Gasteiger partial charge in [-0.3, -0.25) is 9.00 Å². The molecule has 1 heterocycles. The van der Waals surface area contributed by atoms with Crippen LogP contribution >= 0.6 is 0 Å². The van der Waals surface area contributed by atoms with Crippen LogP contribution in [0.3, 0.4) is 0 Å². The summed E-state index contributed by atoms with van der Waals surface area (Å²) in [5.74, 6) is -1.29. The third-order valence-electron chi connectivity index (χ3n) is 2.38. The van der Waals surface area contributed by atoms with Crippen LogP contribution in [0.25, 0.3) is 0 Å². The van der Waals surface area contributed by atoms with Gasteiger partial charge in [-0.25, -0.2) is 9.78 Å². The molecule has 2 atom stereocenters. The number of nitrogens with zero attached hydrogens (tertiary/aromatic N) is 2. The molecule has 7 nitrogen and oxygen atoms in total. The van der Waals surface area contributed by atoms with Crippen molar-refractivity contribution in [2.24, 2.45) is 0 Å². The van der Waals surface area contributed by atoms with Crippen LogP contribution in [0.5, 0.6) is 0 Å². The van der Waals surface area contributed by atoms with Gasteiger partial charge in [0.05, 0.1) is 12.1 Å². The minimum absolute atomic E-state index is 0.0706. The van der Waals surface area contributed by atoms with Gasteiger partial charge < -0.3 is 15.0 Å². The molecule has 0 aromatic carbocycles. The fraction of sp³-hybridized carbons (Fsp3) is 0.545. The van der Waals surface area contributed by atoms with Gasteiger partial charge in [-0.1, -0.05) is 0 Å². The maximum Gasteiger partial charge on any atom is 0.327 e. The molecule has 0 aliphatic carbocycles. The van der Waals surface area contributed by atoms with Crippen molar-refractivity contribution in [3.05, 3.63) is 18.7 Å². The lowest BCUT2D eigenvalue weighted by Gasteiger charge is -2.12. The van der Waals surface area contributed by atoms with Gasteiger partial charge in [0.15, 0.2) is 0 Å². The number of nitrogens with one attached hydrogen (secondary N) is 1. The molecular formula is C11H17N3O4S. The molecular weight excluding hydrogens is 270 g/mol. The molecule has 0 aliphatic heterocycles. The average molecular weight is 287 g/mol. The molecule has 1 aromatic rings. The van der Waals surface area contributed by atoms with E-state index in [1.165, 1.54) is 6.92 Å². The predicted molar refractivity (Wildman–Crippen MR) is 70.0 cm³/mol. The predicted octanol–water partition coefficient (Wildman–Crippen LogP) is -0.389. The van der Waals surface area contributed by atoms with Crippen LogP contribution in [0.4, 0.5) is 0 Å². The number of imidazole rings is 1. The minimum atomic E-state index is -1.28. The fourth-order valence-electron chi connectivity index (χ4n) is 1.52. The van der Waals surface area contributed by atoms with E-state index in [9.17, 15) is 13.8 Å². The summed E-state index contributed by atoms with van der Waals surface area (Å²) in [6.45, 7) is 1.92. The number of aliphatic carboxylic acids is 1. The second-order valence-corrected chi connectivity index (χ2v) is 5.68. The molecule has 106 valence electrons. The summed E-state index contributed by atoms with van der Waals surface area (Å²) in [4.78, 5) is 25.6. The number of rotatable bonds is 8. The van der Waals surface area contributed by atoms with E-state index in [2.05, 4.69) is 10.3 Å². The van der Waals surface area contributed by atoms with Crippen LogP contribution in [0.1, 0.15) is 13.3 Å². The number of amides is 1. The molecule has 1 rings (SSSR count). The summed E-state index contributed by atoms with van der Waals surface area (Å²) in [6.07, 6.45) is 5.80. The maximum atomic E-state index is 11.7. The van der Waals surface area contributed by atoms with Gasteiger partial charge >= 0.3 is 5.97 Å². The number of aromatic nitrogens is 2. The molecule has 0 aliphatic rings. The highest BCUT2D eigenvalue weighted by Crippen LogP contribution is 1.97. The molecule has 8 heteroatoms. The Morgan fingerprint density at radius 3 is 2.79 bits per heavy atom. The van der Waals surface area contributed by atoms with Gasteiger partial charge in [-0.15, -0.1) is 0 Å². The Hall–Kier alpha value is -1.70. The number of aryl methyl sites for hydroxylation is 1. The lowest BCUT2D eigenvalue weighted by Crippen LogP contribution is -2.43. The topological polar surface area (TPSA) is 101 Å². The summed E-state index contributed by atoms with van der Waals surface area (Å²) in [7, 11) is -1.28. The standard InChI is InChI=1S/C11H17N3O4S/c1-9(15)13-10(11(16)17)7-19(18)6-2-4-14-5-3-12-8-14/h3,5,8,10H,2,4,6-7H2,1H3,(H,13,15)(H,16,17)/t10-,19?/m0/s1. The highest BCUT2D eigenvalue weighted by molar-refractivity contribution is 7.85. The van der Waals surface area contributed by atoms with E-state index in [0.717, 1.165) is 0 Å². The van der Waals surface area contributed by atoms with Crippen LogP contribution in [0.15, 0.2) is 18.7 Å². The summed E-state index contributed by atoms with van der Waals surface area (Å²) < 4.78 is 13.6. The number of carboxylic acid groups (broad SMARTS) is 1. The molecule has 0 radical (unpaired) electrons. The monoisotopic (exact) mass is 287 g/mol. The number of carbonyl (C=O) groups is 2. The Bertz CT molecular complexity index is 447. The average Bonchev–Trinajstić information content (AvgIpc) is 2.80. The van der Waals surface area contributed by atoms with E-state index in [-0.39, 0.29) is 5.75 Å². The molecule has 0 bridgehead atoms. The SMILES string of the molecule is CC(=O)N[C@@H](CS(=O)CCCn1ccnc1)C(=O)O. The van der Waals surface area contributed by atoms with Crippen molar-refractivity contribution < 1.29 is 18.9 Å². The Kier molecular flexibility index (Phi) is 6.20. The Balaban J connectivity index is 2.32. The minimum Gasteiger partial charge on any atom is -0.480 e. The Labute approximate surface area is 113 Å². The number of hydrogen-bond acceptors (Lipinski definition) is 4. The van der Waals surface area contributed by atoms with Crippen LogP contribution < -0.4 is 5.32 Å². The number of carboxylic acids is 1. The lowest BCUT2D eigenvalue weighted by molar-refractivity contribution is -0.140. The molecule has 1 aromatic heterocycles. The van der Waals surface area contributed by atoms with Gasteiger partial charge in [0.25, 0.3) is 0 Å². The lowest BCUT2D eigenvalue weighted by atomic mass is 10.3. The molecule has 19 heavy (non-hydrogen) atoms. The van der Waals surface area contributed by atoms with Crippen molar-refractivity contribution in [2.45, 2.75) is 25.9 Å². The van der Waals surface area contributed by atoms with Gasteiger partial charge in [0, 0.05) is 42.4 Å². The first-order valence-corrected chi connectivity index (χ1v) is 7.28. The molecule has 1 unspecified atom stereocenters. The zero-order chi connectivity index (χ0) is 14.3. The first kappa shape index (κ1) is 15.4. The summed E-state index contributed by atoms with van der Waals surface area (Å²) in [6, 6.07) is -1.09. The van der Waals surface area contributed by atoms with Crippen molar-refractivity contribution in [3.8, 4) is 0 Å². The first-order chi connectivity index (χ1) is 8.99. The van der Waals surface area contributed by atoms with E-state index in [0.29, 0.717) is 18.7 Å². The summed E-state index contributed by atoms with van der Waals surface area (Å²) >= 11 is 0. The van der Waals surface area contributed by atoms with Crippen LogP contribution in [0.2, 0.25) is 0 Å². The Morgan fingerprint density at radius 2 is 2.26 bits per heavy atom. The maximum absolute atomic E-state index is 11.7. The van der Waals surface area contributed by atoms with E-state index < -0.39 is 28.7 Å². The molecule has 0 fully saturated rings. The van der Waals surface area contributed by atoms with E-state index >= 15 is 0 Å². The molecule has 0 saturated carbocycles. The molecule has 1 amide bonds. The second kappa shape index (κ2) is 7.67. The Morgan fingerprint density at radius 1 is 1.53 bits per heavy atom. The molecule has 2 N–H and O–H groups in total. The van der Waals surface area contributed by atoms with Crippen molar-refractivity contribution in [3.63, 3.8) is 0 Å². The third kappa shape index (κ3) is 6.14. The highest BCUT2D eigenvalue weighted by atomic mass is 32.2. The van der Waals surface area contributed by atoms with Crippen LogP contribution in [-0.2, 0) is 26.9 Å². The van der Waals surface area contributed by atoms with Crippen molar-refractivity contribution in [1.29, 1.82) is 0 Å². The zero-order valence-electron chi connectivity index (χ0n) is 10.6. The van der Waals surface area contributed by atoms with Crippen molar-refractivity contribution in [2.75, 3.05) is 11.5 Å². The number of hydrogen-bond donors (Lipinski definition) is 2. The van der Waals surface area contributed by atoms with E-state index in [1.807, 2.05) is 4.57 Å². The highest BCUT2D eigenvalue weighted by Gasteiger charge is 2.20. The van der Waals surface area contributed by atoms with Gasteiger partial charge in [-0.2, -0.15) is 0 Å². The zero-order valence-corrected chi connectivity index (χ0v) is 11.4. The van der Waals surface area contributed by atoms with E-state index in [4.69, 9.17) is 5.11 Å². The first-order valence-electron chi connectivity index (χ1n) is 5.79. The fourth-order valence-corrected chi connectivity index (χ4v) is 2.73. The molecule has 0 saturated heterocycles. The third-order valence-corrected chi connectivity index (χ3v) is 3.82. The van der Waals surface area contributed by atoms with Crippen LogP contribution in [0, 0.1) is 0 Å². The van der Waals surface area contributed by atoms with Gasteiger partial charge in [0.2, 0.25) is 5.91 Å². The van der Waals surface area contributed by atoms with E-state index in [1.54, 1.807) is 18.7 Å². The van der Waals surface area contributed by atoms with Crippen molar-refractivity contribution in [1.82, 2.24) is 14.9 Å².